The smallest absolute Gasteiger partial charge is 0.191 e. The van der Waals surface area contributed by atoms with Gasteiger partial charge in [0, 0.05) is 19.4 Å². The highest BCUT2D eigenvalue weighted by Gasteiger charge is 2.36. The van der Waals surface area contributed by atoms with Gasteiger partial charge in [0.05, 0.1) is 5.76 Å². The molecular formula is C16H28O3Si. The lowest BCUT2D eigenvalue weighted by atomic mass is 10.1. The highest BCUT2D eigenvalue weighted by Crippen LogP contribution is 2.36. The van der Waals surface area contributed by atoms with Crippen LogP contribution in [-0.2, 0) is 14.0 Å². The van der Waals surface area contributed by atoms with Gasteiger partial charge in [0.2, 0.25) is 0 Å². The standard InChI is InChI=1S/C16H28O3Si/c1-16(2,3)20(4,5)18-13-7-10-14-8-6-9-15(19-14)11-12-17/h6,8-9,12,15H,7,10-11,13H2,1-5H3. The summed E-state index contributed by atoms with van der Waals surface area (Å²) in [6.07, 6.45) is 8.94. The molecule has 0 saturated carbocycles. The van der Waals surface area contributed by atoms with Crippen LogP contribution in [-0.4, -0.2) is 27.3 Å². The van der Waals surface area contributed by atoms with Crippen LogP contribution in [0.4, 0.5) is 0 Å². The molecule has 1 atom stereocenters. The Labute approximate surface area is 124 Å². The number of carbonyl (C=O) groups excluding carboxylic acids is 1. The minimum absolute atomic E-state index is 0.0891. The summed E-state index contributed by atoms with van der Waals surface area (Å²) in [5.41, 5.74) is 0. The van der Waals surface area contributed by atoms with E-state index in [1.165, 1.54) is 0 Å². The van der Waals surface area contributed by atoms with Crippen molar-refractivity contribution in [1.29, 1.82) is 0 Å². The molecule has 0 aromatic heterocycles. The van der Waals surface area contributed by atoms with Gasteiger partial charge in [0.25, 0.3) is 0 Å². The number of allylic oxidation sites excluding steroid dienone is 3. The zero-order valence-corrected chi connectivity index (χ0v) is 14.4. The zero-order chi connectivity index (χ0) is 15.2. The normalized spacial score (nSPS) is 19.4. The molecule has 4 heteroatoms. The van der Waals surface area contributed by atoms with E-state index in [2.05, 4.69) is 33.9 Å². The van der Waals surface area contributed by atoms with Crippen LogP contribution in [0.2, 0.25) is 18.1 Å². The quantitative estimate of drug-likeness (QED) is 0.401. The van der Waals surface area contributed by atoms with Crippen molar-refractivity contribution >= 4 is 14.6 Å². The van der Waals surface area contributed by atoms with Crippen molar-refractivity contribution in [3.05, 3.63) is 24.0 Å². The van der Waals surface area contributed by atoms with Crippen LogP contribution in [0.1, 0.15) is 40.0 Å². The van der Waals surface area contributed by atoms with Gasteiger partial charge in [-0.3, -0.25) is 0 Å². The van der Waals surface area contributed by atoms with Crippen LogP contribution in [0.3, 0.4) is 0 Å². The Bertz CT molecular complexity index is 378. The summed E-state index contributed by atoms with van der Waals surface area (Å²) in [6.45, 7) is 12.1. The Morgan fingerprint density at radius 1 is 1.40 bits per heavy atom. The summed E-state index contributed by atoms with van der Waals surface area (Å²) in [5.74, 6) is 0.957. The molecule has 0 aliphatic carbocycles. The van der Waals surface area contributed by atoms with Crippen LogP contribution in [0.5, 0.6) is 0 Å². The Hall–Kier alpha value is -0.873. The molecule has 1 unspecified atom stereocenters. The van der Waals surface area contributed by atoms with E-state index in [9.17, 15) is 4.79 Å². The second-order valence-corrected chi connectivity index (χ2v) is 11.6. The van der Waals surface area contributed by atoms with E-state index in [1.807, 2.05) is 18.2 Å². The first-order valence-electron chi connectivity index (χ1n) is 7.38. The maximum Gasteiger partial charge on any atom is 0.191 e. The number of aldehydes is 1. The van der Waals surface area contributed by atoms with E-state index in [0.717, 1.165) is 31.5 Å². The molecule has 1 rings (SSSR count). The van der Waals surface area contributed by atoms with Gasteiger partial charge in [0.1, 0.15) is 12.4 Å². The molecule has 114 valence electrons. The van der Waals surface area contributed by atoms with Gasteiger partial charge in [-0.2, -0.15) is 0 Å². The summed E-state index contributed by atoms with van der Waals surface area (Å²) in [6, 6.07) is 0. The number of hydrogen-bond acceptors (Lipinski definition) is 3. The van der Waals surface area contributed by atoms with Crippen LogP contribution in [0.15, 0.2) is 24.0 Å². The highest BCUT2D eigenvalue weighted by molar-refractivity contribution is 6.74. The maximum absolute atomic E-state index is 10.5. The number of hydrogen-bond donors (Lipinski definition) is 0. The first kappa shape index (κ1) is 17.2. The molecule has 0 saturated heterocycles. The van der Waals surface area contributed by atoms with Gasteiger partial charge in [0.15, 0.2) is 8.32 Å². The van der Waals surface area contributed by atoms with Gasteiger partial charge < -0.3 is 14.0 Å². The molecule has 0 N–H and O–H groups in total. The van der Waals surface area contributed by atoms with Gasteiger partial charge in [-0.05, 0) is 36.7 Å². The lowest BCUT2D eigenvalue weighted by Gasteiger charge is -2.36. The predicted octanol–water partition coefficient (Wildman–Crippen LogP) is 4.22. The van der Waals surface area contributed by atoms with Crippen LogP contribution < -0.4 is 0 Å². The SMILES string of the molecule is CC(C)(C)[Si](C)(C)OCCCC1=CC=CC(CC=O)O1. The topological polar surface area (TPSA) is 35.5 Å². The molecule has 0 amide bonds. The first-order chi connectivity index (χ1) is 9.26. The van der Waals surface area contributed by atoms with Crippen molar-refractivity contribution in [3.8, 4) is 0 Å². The lowest BCUT2D eigenvalue weighted by Crippen LogP contribution is -2.40. The van der Waals surface area contributed by atoms with Crippen molar-refractivity contribution < 1.29 is 14.0 Å². The van der Waals surface area contributed by atoms with E-state index in [0.29, 0.717) is 6.42 Å². The van der Waals surface area contributed by atoms with Gasteiger partial charge in [-0.15, -0.1) is 0 Å². The summed E-state index contributed by atoms with van der Waals surface area (Å²) >= 11 is 0. The van der Waals surface area contributed by atoms with Crippen LogP contribution in [0.25, 0.3) is 0 Å². The van der Waals surface area contributed by atoms with Crippen molar-refractivity contribution in [2.75, 3.05) is 6.61 Å². The molecule has 1 heterocycles. The largest absolute Gasteiger partial charge is 0.490 e. The maximum atomic E-state index is 10.5. The Morgan fingerprint density at radius 2 is 2.10 bits per heavy atom. The monoisotopic (exact) mass is 296 g/mol. The van der Waals surface area contributed by atoms with E-state index < -0.39 is 8.32 Å². The summed E-state index contributed by atoms with van der Waals surface area (Å²) in [4.78, 5) is 10.5. The molecular weight excluding hydrogens is 268 g/mol. The predicted molar refractivity (Wildman–Crippen MR) is 85.2 cm³/mol. The highest BCUT2D eigenvalue weighted by atomic mass is 28.4. The average Bonchev–Trinajstić information content (AvgIpc) is 2.34. The number of rotatable bonds is 7. The van der Waals surface area contributed by atoms with Crippen molar-refractivity contribution in [1.82, 2.24) is 0 Å². The third-order valence-corrected chi connectivity index (χ3v) is 8.61. The zero-order valence-electron chi connectivity index (χ0n) is 13.4. The lowest BCUT2D eigenvalue weighted by molar-refractivity contribution is -0.109. The van der Waals surface area contributed by atoms with Crippen molar-refractivity contribution in [2.45, 2.75) is 64.3 Å². The molecule has 0 radical (unpaired) electrons. The minimum atomic E-state index is -1.64. The molecule has 0 fully saturated rings. The molecule has 0 spiro atoms. The summed E-state index contributed by atoms with van der Waals surface area (Å²) < 4.78 is 11.9. The fourth-order valence-electron chi connectivity index (χ4n) is 1.71. The van der Waals surface area contributed by atoms with Gasteiger partial charge >= 0.3 is 0 Å². The average molecular weight is 296 g/mol. The van der Waals surface area contributed by atoms with E-state index in [4.69, 9.17) is 9.16 Å². The molecule has 20 heavy (non-hydrogen) atoms. The number of carbonyl (C=O) groups is 1. The van der Waals surface area contributed by atoms with Crippen molar-refractivity contribution in [3.63, 3.8) is 0 Å². The molecule has 1 aliphatic rings. The van der Waals surface area contributed by atoms with Crippen LogP contribution in [0, 0.1) is 0 Å². The summed E-state index contributed by atoms with van der Waals surface area (Å²) in [5, 5.41) is 0.255. The summed E-state index contributed by atoms with van der Waals surface area (Å²) in [7, 11) is -1.64. The Morgan fingerprint density at radius 3 is 2.70 bits per heavy atom. The van der Waals surface area contributed by atoms with Gasteiger partial charge in [-0.25, -0.2) is 0 Å². The Balaban J connectivity index is 2.30. The number of ether oxygens (including phenoxy) is 1. The third-order valence-electron chi connectivity index (χ3n) is 4.08. The van der Waals surface area contributed by atoms with Crippen LogP contribution >= 0.6 is 0 Å². The van der Waals surface area contributed by atoms with Crippen molar-refractivity contribution in [2.24, 2.45) is 0 Å². The molecule has 0 aromatic carbocycles. The molecule has 3 nitrogen and oxygen atoms in total. The van der Waals surface area contributed by atoms with E-state index in [-0.39, 0.29) is 11.1 Å². The first-order valence-corrected chi connectivity index (χ1v) is 10.3. The second kappa shape index (κ2) is 7.23. The molecule has 0 aromatic rings. The fraction of sp³-hybridized carbons (Fsp3) is 0.688. The molecule has 1 aliphatic heterocycles. The molecule has 0 bridgehead atoms. The van der Waals surface area contributed by atoms with E-state index in [1.54, 1.807) is 0 Å². The third kappa shape index (κ3) is 5.25. The second-order valence-electron chi connectivity index (χ2n) is 6.79. The fourth-order valence-corrected chi connectivity index (χ4v) is 2.80. The minimum Gasteiger partial charge on any atom is -0.490 e. The van der Waals surface area contributed by atoms with Gasteiger partial charge in [-0.1, -0.05) is 26.8 Å². The van der Waals surface area contributed by atoms with E-state index >= 15 is 0 Å². The Kier molecular flexibility index (Phi) is 6.21.